The predicted octanol–water partition coefficient (Wildman–Crippen LogP) is 5.69. The molecule has 0 spiro atoms. The zero-order valence-electron chi connectivity index (χ0n) is 14.1. The molecule has 0 aliphatic carbocycles. The second-order valence-corrected chi connectivity index (χ2v) is 6.49. The molecule has 0 amide bonds. The number of hydrogen-bond donors (Lipinski definition) is 2. The Bertz CT molecular complexity index is 205. The van der Waals surface area contributed by atoms with Crippen molar-refractivity contribution in [2.45, 2.75) is 104 Å². The van der Waals surface area contributed by atoms with E-state index in [1.807, 2.05) is 13.8 Å². The number of rotatable bonds is 14. The maximum Gasteiger partial charge on any atom is 0.146 e. The second kappa shape index (κ2) is 12.6. The standard InChI is InChI=1S/C17H38NO2/c1-4-5-6-7-8-9-10-11-12-13-14-15-16-18(19,20)17(2)3/h17,19-20H,4-16H2,1-3H3/q+1. The average molecular weight is 288 g/mol. The number of unbranched alkanes of at least 4 members (excludes halogenated alkanes) is 11. The van der Waals surface area contributed by atoms with E-state index in [0.29, 0.717) is 6.54 Å². The molecule has 0 saturated heterocycles. The Labute approximate surface area is 126 Å². The van der Waals surface area contributed by atoms with Crippen LogP contribution in [0.5, 0.6) is 0 Å². The summed E-state index contributed by atoms with van der Waals surface area (Å²) in [4.78, 5) is -0.822. The van der Waals surface area contributed by atoms with Gasteiger partial charge in [-0.05, 0) is 25.1 Å². The van der Waals surface area contributed by atoms with E-state index in [-0.39, 0.29) is 6.04 Å². The van der Waals surface area contributed by atoms with E-state index in [4.69, 9.17) is 0 Å². The zero-order chi connectivity index (χ0) is 15.3. The molecule has 0 aromatic heterocycles. The number of quaternary nitrogens is 1. The summed E-state index contributed by atoms with van der Waals surface area (Å²) in [7, 11) is 0. The third kappa shape index (κ3) is 11.7. The van der Waals surface area contributed by atoms with Crippen LogP contribution in [0.4, 0.5) is 0 Å². The van der Waals surface area contributed by atoms with Gasteiger partial charge in [-0.1, -0.05) is 71.1 Å². The summed E-state index contributed by atoms with van der Waals surface area (Å²) in [6.07, 6.45) is 15.6. The SMILES string of the molecule is CCCCCCCCCCCCCC[N+](O)(O)C(C)C. The molecule has 20 heavy (non-hydrogen) atoms. The summed E-state index contributed by atoms with van der Waals surface area (Å²) in [6.45, 7) is 6.38. The Hall–Kier alpha value is -0.120. The summed E-state index contributed by atoms with van der Waals surface area (Å²) in [6, 6.07) is -0.136. The van der Waals surface area contributed by atoms with Crippen molar-refractivity contribution in [3.63, 3.8) is 0 Å². The molecule has 122 valence electrons. The van der Waals surface area contributed by atoms with Crippen molar-refractivity contribution in [1.29, 1.82) is 0 Å². The van der Waals surface area contributed by atoms with E-state index in [0.717, 1.165) is 12.8 Å². The van der Waals surface area contributed by atoms with Crippen LogP contribution in [0.15, 0.2) is 0 Å². The van der Waals surface area contributed by atoms with Gasteiger partial charge in [-0.3, -0.25) is 0 Å². The Balaban J connectivity index is 3.17. The highest BCUT2D eigenvalue weighted by molar-refractivity contribution is 4.48. The molecule has 0 aliphatic heterocycles. The van der Waals surface area contributed by atoms with Gasteiger partial charge in [-0.15, -0.1) is 0 Å². The topological polar surface area (TPSA) is 40.5 Å². The summed E-state index contributed by atoms with van der Waals surface area (Å²) in [5.41, 5.74) is 0. The van der Waals surface area contributed by atoms with Crippen molar-refractivity contribution >= 4 is 0 Å². The smallest absolute Gasteiger partial charge is 0.146 e. The minimum Gasteiger partial charge on any atom is -0.182 e. The molecule has 0 aliphatic rings. The molecule has 0 radical (unpaired) electrons. The number of hydrogen-bond acceptors (Lipinski definition) is 2. The van der Waals surface area contributed by atoms with Crippen LogP contribution in [-0.2, 0) is 0 Å². The number of hydroxylamine groups is 4. The van der Waals surface area contributed by atoms with Gasteiger partial charge in [0.25, 0.3) is 0 Å². The maximum absolute atomic E-state index is 9.65. The van der Waals surface area contributed by atoms with E-state index in [2.05, 4.69) is 6.92 Å². The summed E-state index contributed by atoms with van der Waals surface area (Å²) in [5, 5.41) is 19.3. The first-order valence-electron chi connectivity index (χ1n) is 8.84. The van der Waals surface area contributed by atoms with Crippen molar-refractivity contribution in [2.75, 3.05) is 6.54 Å². The van der Waals surface area contributed by atoms with Gasteiger partial charge in [-0.25, -0.2) is 0 Å². The fraction of sp³-hybridized carbons (Fsp3) is 1.00. The molecule has 0 saturated carbocycles. The third-order valence-corrected chi connectivity index (χ3v) is 4.17. The normalized spacial score (nSPS) is 12.3. The van der Waals surface area contributed by atoms with Crippen LogP contribution in [0.25, 0.3) is 0 Å². The molecular weight excluding hydrogens is 250 g/mol. The Morgan fingerprint density at radius 3 is 1.35 bits per heavy atom. The van der Waals surface area contributed by atoms with Crippen molar-refractivity contribution in [3.8, 4) is 0 Å². The largest absolute Gasteiger partial charge is 0.182 e. The molecule has 0 rings (SSSR count). The molecular formula is C17H38NO2+. The highest BCUT2D eigenvalue weighted by atomic mass is 16.8. The third-order valence-electron chi connectivity index (χ3n) is 4.17. The van der Waals surface area contributed by atoms with Gasteiger partial charge in [0, 0.05) is 6.42 Å². The fourth-order valence-electron chi connectivity index (χ4n) is 2.44. The van der Waals surface area contributed by atoms with Crippen LogP contribution in [0.1, 0.15) is 97.8 Å². The lowest BCUT2D eigenvalue weighted by Crippen LogP contribution is -2.47. The van der Waals surface area contributed by atoms with Crippen LogP contribution < -0.4 is 0 Å². The van der Waals surface area contributed by atoms with Crippen molar-refractivity contribution in [2.24, 2.45) is 0 Å². The molecule has 0 fully saturated rings. The van der Waals surface area contributed by atoms with Gasteiger partial charge in [0.15, 0.2) is 0 Å². The minimum atomic E-state index is -0.822. The van der Waals surface area contributed by atoms with Crippen LogP contribution >= 0.6 is 0 Å². The van der Waals surface area contributed by atoms with Crippen LogP contribution in [0.3, 0.4) is 0 Å². The first kappa shape index (κ1) is 19.9. The first-order valence-corrected chi connectivity index (χ1v) is 8.84. The zero-order valence-corrected chi connectivity index (χ0v) is 14.1. The highest BCUT2D eigenvalue weighted by Crippen LogP contribution is 2.13. The first-order chi connectivity index (χ1) is 9.50. The van der Waals surface area contributed by atoms with Gasteiger partial charge >= 0.3 is 0 Å². The minimum absolute atomic E-state index is 0.136. The molecule has 0 unspecified atom stereocenters. The molecule has 0 heterocycles. The Morgan fingerprint density at radius 1 is 0.650 bits per heavy atom. The van der Waals surface area contributed by atoms with Crippen molar-refractivity contribution < 1.29 is 15.2 Å². The lowest BCUT2D eigenvalue weighted by molar-refractivity contribution is -1.26. The fourth-order valence-corrected chi connectivity index (χ4v) is 2.44. The van der Waals surface area contributed by atoms with Gasteiger partial charge in [0.2, 0.25) is 0 Å². The van der Waals surface area contributed by atoms with E-state index in [9.17, 15) is 10.4 Å². The van der Waals surface area contributed by atoms with Crippen molar-refractivity contribution in [3.05, 3.63) is 0 Å². The van der Waals surface area contributed by atoms with E-state index >= 15 is 0 Å². The monoisotopic (exact) mass is 288 g/mol. The Morgan fingerprint density at radius 2 is 1.00 bits per heavy atom. The van der Waals surface area contributed by atoms with Crippen LogP contribution in [0.2, 0.25) is 0 Å². The van der Waals surface area contributed by atoms with Crippen molar-refractivity contribution in [1.82, 2.24) is 0 Å². The molecule has 3 nitrogen and oxygen atoms in total. The van der Waals surface area contributed by atoms with E-state index < -0.39 is 4.81 Å². The molecule has 0 aromatic rings. The molecule has 3 heteroatoms. The highest BCUT2D eigenvalue weighted by Gasteiger charge is 2.26. The molecule has 2 N–H and O–H groups in total. The van der Waals surface area contributed by atoms with Crippen LogP contribution in [0, 0.1) is 0 Å². The average Bonchev–Trinajstić information content (AvgIpc) is 2.39. The summed E-state index contributed by atoms with van der Waals surface area (Å²) in [5.74, 6) is 0. The van der Waals surface area contributed by atoms with E-state index in [1.54, 1.807) is 0 Å². The summed E-state index contributed by atoms with van der Waals surface area (Å²) >= 11 is 0. The molecule has 0 bridgehead atoms. The lowest BCUT2D eigenvalue weighted by atomic mass is 10.1. The van der Waals surface area contributed by atoms with Gasteiger partial charge in [0.1, 0.15) is 12.6 Å². The van der Waals surface area contributed by atoms with Gasteiger partial charge in [-0.2, -0.15) is 10.4 Å². The lowest BCUT2D eigenvalue weighted by Gasteiger charge is -2.25. The Kier molecular flexibility index (Phi) is 12.5. The van der Waals surface area contributed by atoms with Gasteiger partial charge in [0.05, 0.1) is 0 Å². The van der Waals surface area contributed by atoms with Gasteiger partial charge < -0.3 is 0 Å². The second-order valence-electron chi connectivity index (χ2n) is 6.49. The van der Waals surface area contributed by atoms with E-state index in [1.165, 1.54) is 64.2 Å². The maximum atomic E-state index is 9.65. The summed E-state index contributed by atoms with van der Waals surface area (Å²) < 4.78 is 0. The molecule has 0 atom stereocenters. The predicted molar refractivity (Wildman–Crippen MR) is 84.9 cm³/mol. The number of nitrogens with zero attached hydrogens (tertiary/aromatic N) is 1. The quantitative estimate of drug-likeness (QED) is 0.245. The van der Waals surface area contributed by atoms with Crippen LogP contribution in [-0.4, -0.2) is 27.8 Å². The molecule has 0 aromatic carbocycles.